The maximum Gasteiger partial charge on any atom is 0.500 e. The van der Waals surface area contributed by atoms with Gasteiger partial charge in [0.25, 0.3) is 0 Å². The van der Waals surface area contributed by atoms with Crippen molar-refractivity contribution in [1.82, 2.24) is 0 Å². The molecule has 0 spiro atoms. The molecular formula is C14H23ClN2O4Si. The van der Waals surface area contributed by atoms with Crippen molar-refractivity contribution in [3.63, 3.8) is 0 Å². The van der Waals surface area contributed by atoms with Crippen LogP contribution in [0.5, 0.6) is 5.75 Å². The van der Waals surface area contributed by atoms with Crippen LogP contribution in [-0.4, -0.2) is 48.5 Å². The third kappa shape index (κ3) is 5.94. The highest BCUT2D eigenvalue weighted by Crippen LogP contribution is 2.21. The fourth-order valence-corrected chi connectivity index (χ4v) is 3.62. The Hall–Kier alpha value is -1.12. The Morgan fingerprint density at radius 3 is 2.50 bits per heavy atom. The van der Waals surface area contributed by atoms with E-state index in [4.69, 9.17) is 35.3 Å². The molecule has 0 bridgehead atoms. The van der Waals surface area contributed by atoms with Gasteiger partial charge in [0.05, 0.1) is 18.2 Å². The van der Waals surface area contributed by atoms with Crippen molar-refractivity contribution in [2.45, 2.75) is 12.5 Å². The zero-order valence-electron chi connectivity index (χ0n) is 13.2. The van der Waals surface area contributed by atoms with Gasteiger partial charge in [-0.25, -0.2) is 4.99 Å². The van der Waals surface area contributed by atoms with Gasteiger partial charge in [-0.1, -0.05) is 6.07 Å². The van der Waals surface area contributed by atoms with Gasteiger partial charge in [0, 0.05) is 33.4 Å². The summed E-state index contributed by atoms with van der Waals surface area (Å²) in [5.41, 5.74) is 6.32. The van der Waals surface area contributed by atoms with E-state index < -0.39 is 8.80 Å². The first-order valence-corrected chi connectivity index (χ1v) is 9.33. The van der Waals surface area contributed by atoms with Gasteiger partial charge in [-0.15, -0.1) is 11.6 Å². The second-order valence-electron chi connectivity index (χ2n) is 4.48. The average Bonchev–Trinajstić information content (AvgIpc) is 2.56. The van der Waals surface area contributed by atoms with Crippen LogP contribution in [0.2, 0.25) is 6.04 Å². The normalized spacial score (nSPS) is 12.5. The number of aliphatic imine (C=N–C) groups is 1. The lowest BCUT2D eigenvalue weighted by Gasteiger charge is -2.24. The molecule has 1 aromatic carbocycles. The summed E-state index contributed by atoms with van der Waals surface area (Å²) in [6.07, 6.45) is 0.763. The monoisotopic (exact) mass is 346 g/mol. The number of ether oxygens (including phenoxy) is 1. The van der Waals surface area contributed by atoms with Crippen molar-refractivity contribution < 1.29 is 18.0 Å². The van der Waals surface area contributed by atoms with E-state index in [1.807, 2.05) is 24.3 Å². The number of hydrogen-bond donors (Lipinski definition) is 1. The van der Waals surface area contributed by atoms with Crippen LogP contribution < -0.4 is 10.5 Å². The highest BCUT2D eigenvalue weighted by molar-refractivity contribution is 6.60. The number of nitrogens with two attached hydrogens (primary N) is 1. The van der Waals surface area contributed by atoms with Crippen LogP contribution in [-0.2, 0) is 13.3 Å². The number of nitrogens with zero attached hydrogens (tertiary/aromatic N) is 1. The number of benzene rings is 1. The zero-order chi connectivity index (χ0) is 16.4. The van der Waals surface area contributed by atoms with E-state index in [1.54, 1.807) is 21.3 Å². The van der Waals surface area contributed by atoms with E-state index in [0.29, 0.717) is 24.2 Å². The molecule has 0 atom stereocenters. The Morgan fingerprint density at radius 1 is 1.23 bits per heavy atom. The number of hydrogen-bond acceptors (Lipinski definition) is 5. The van der Waals surface area contributed by atoms with Crippen LogP contribution in [0, 0.1) is 0 Å². The maximum atomic E-state index is 5.70. The predicted molar refractivity (Wildman–Crippen MR) is 90.1 cm³/mol. The second kappa shape index (κ2) is 9.81. The molecule has 0 radical (unpaired) electrons. The minimum Gasteiger partial charge on any atom is -0.494 e. The van der Waals surface area contributed by atoms with Crippen molar-refractivity contribution in [3.05, 3.63) is 24.3 Å². The summed E-state index contributed by atoms with van der Waals surface area (Å²) in [6, 6.07) is 8.06. The van der Waals surface area contributed by atoms with Crippen molar-refractivity contribution in [2.75, 3.05) is 33.8 Å². The van der Waals surface area contributed by atoms with Crippen LogP contribution in [0.25, 0.3) is 0 Å². The van der Waals surface area contributed by atoms with Gasteiger partial charge in [-0.2, -0.15) is 0 Å². The summed E-state index contributed by atoms with van der Waals surface area (Å²) in [7, 11) is 2.27. The molecule has 2 N–H and O–H groups in total. The van der Waals surface area contributed by atoms with E-state index in [-0.39, 0.29) is 5.88 Å². The number of amidine groups is 1. The fraction of sp³-hybridized carbons (Fsp3) is 0.500. The summed E-state index contributed by atoms with van der Waals surface area (Å²) in [4.78, 5) is 4.17. The Kier molecular flexibility index (Phi) is 8.43. The van der Waals surface area contributed by atoms with Gasteiger partial charge < -0.3 is 23.7 Å². The molecule has 1 rings (SSSR count). The van der Waals surface area contributed by atoms with E-state index in [2.05, 4.69) is 4.99 Å². The van der Waals surface area contributed by atoms with E-state index >= 15 is 0 Å². The number of alkyl halides is 1. The molecule has 0 aliphatic heterocycles. The fourth-order valence-electron chi connectivity index (χ4n) is 1.87. The van der Waals surface area contributed by atoms with Crippen molar-refractivity contribution in [3.8, 4) is 5.75 Å². The molecule has 1 aromatic rings. The Morgan fingerprint density at radius 2 is 1.91 bits per heavy atom. The molecule has 0 aliphatic rings. The molecular weight excluding hydrogens is 324 g/mol. The number of rotatable bonds is 10. The molecule has 0 saturated heterocycles. The first-order valence-electron chi connectivity index (χ1n) is 6.86. The average molecular weight is 347 g/mol. The molecule has 8 heteroatoms. The summed E-state index contributed by atoms with van der Waals surface area (Å²) < 4.78 is 21.8. The lowest BCUT2D eigenvalue weighted by molar-refractivity contribution is 0.121. The van der Waals surface area contributed by atoms with Gasteiger partial charge in [-0.05, 0) is 18.6 Å². The Balaban J connectivity index is 2.50. The van der Waals surface area contributed by atoms with E-state index in [0.717, 1.165) is 12.2 Å². The first-order chi connectivity index (χ1) is 10.6. The van der Waals surface area contributed by atoms with Gasteiger partial charge in [0.1, 0.15) is 11.6 Å². The lowest BCUT2D eigenvalue weighted by atomic mass is 10.3. The van der Waals surface area contributed by atoms with Crippen LogP contribution in [0.1, 0.15) is 6.42 Å². The largest absolute Gasteiger partial charge is 0.500 e. The van der Waals surface area contributed by atoms with E-state index in [9.17, 15) is 0 Å². The highest BCUT2D eigenvalue weighted by atomic mass is 35.5. The van der Waals surface area contributed by atoms with Crippen molar-refractivity contribution >= 4 is 31.9 Å². The SMILES string of the molecule is CO[Si](CCCOc1cccc(N=C(N)CCl)c1)(OC)OC. The van der Waals surface area contributed by atoms with Gasteiger partial charge in [-0.3, -0.25) is 0 Å². The first kappa shape index (κ1) is 18.9. The quantitative estimate of drug-likeness (QED) is 0.232. The standard InChI is InChI=1S/C14H23ClN2O4Si/c1-18-22(19-2,20-3)9-5-8-21-13-7-4-6-12(10-13)17-14(16)11-15/h4,6-7,10H,5,8-9,11H2,1-3H3,(H2,16,17). The second-order valence-corrected chi connectivity index (χ2v) is 7.84. The minimum atomic E-state index is -2.53. The van der Waals surface area contributed by atoms with Crippen LogP contribution in [0.4, 0.5) is 5.69 Å². The third-order valence-corrected chi connectivity index (χ3v) is 6.16. The molecule has 0 heterocycles. The highest BCUT2D eigenvalue weighted by Gasteiger charge is 2.36. The summed E-state index contributed by atoms with van der Waals surface area (Å²) in [6.45, 7) is 0.531. The minimum absolute atomic E-state index is 0.197. The molecule has 0 aliphatic carbocycles. The van der Waals surface area contributed by atoms with Crippen LogP contribution in [0.3, 0.4) is 0 Å². The van der Waals surface area contributed by atoms with Gasteiger partial charge >= 0.3 is 8.80 Å². The molecule has 22 heavy (non-hydrogen) atoms. The zero-order valence-corrected chi connectivity index (χ0v) is 14.9. The molecule has 0 fully saturated rings. The van der Waals surface area contributed by atoms with Crippen molar-refractivity contribution in [2.24, 2.45) is 10.7 Å². The van der Waals surface area contributed by atoms with Crippen LogP contribution in [0.15, 0.2) is 29.3 Å². The third-order valence-electron chi connectivity index (χ3n) is 3.06. The summed E-state index contributed by atoms with van der Waals surface area (Å²) >= 11 is 5.61. The predicted octanol–water partition coefficient (Wildman–Crippen LogP) is 2.56. The van der Waals surface area contributed by atoms with Crippen LogP contribution >= 0.6 is 11.6 Å². The molecule has 0 amide bonds. The Bertz CT molecular complexity index is 475. The summed E-state index contributed by atoms with van der Waals surface area (Å²) in [5, 5.41) is 0. The lowest BCUT2D eigenvalue weighted by Crippen LogP contribution is -2.42. The molecule has 0 saturated carbocycles. The molecule has 124 valence electrons. The molecule has 6 nitrogen and oxygen atoms in total. The van der Waals surface area contributed by atoms with E-state index in [1.165, 1.54) is 0 Å². The topological polar surface area (TPSA) is 75.3 Å². The van der Waals surface area contributed by atoms with Crippen molar-refractivity contribution in [1.29, 1.82) is 0 Å². The van der Waals surface area contributed by atoms with Gasteiger partial charge in [0.2, 0.25) is 0 Å². The Labute approximate surface area is 137 Å². The number of halogens is 1. The molecule has 0 aromatic heterocycles. The summed E-state index contributed by atoms with van der Waals surface area (Å²) in [5.74, 6) is 1.29. The smallest absolute Gasteiger partial charge is 0.494 e. The van der Waals surface area contributed by atoms with Gasteiger partial charge in [0.15, 0.2) is 0 Å². The molecule has 0 unspecified atom stereocenters. The maximum absolute atomic E-state index is 5.70.